The molecular formula is C46H57N9O6. The van der Waals surface area contributed by atoms with E-state index in [1.54, 1.807) is 18.2 Å². The van der Waals surface area contributed by atoms with E-state index in [0.717, 1.165) is 61.6 Å². The highest BCUT2D eigenvalue weighted by Crippen LogP contribution is 2.34. The molecule has 4 aliphatic rings. The fourth-order valence-electron chi connectivity index (χ4n) is 8.84. The predicted molar refractivity (Wildman–Crippen MR) is 235 cm³/mol. The first-order chi connectivity index (χ1) is 29.6. The number of para-hydroxylation sites is 1. The molecule has 3 unspecified atom stereocenters. The number of phenolic OH excluding ortho intramolecular Hbond substituents is 1. The van der Waals surface area contributed by atoms with Crippen LogP contribution in [0.25, 0.3) is 11.3 Å². The molecule has 4 saturated heterocycles. The number of carbonyl (C=O) groups is 3. The van der Waals surface area contributed by atoms with Crippen LogP contribution in [0.3, 0.4) is 0 Å². The Morgan fingerprint density at radius 1 is 0.984 bits per heavy atom. The van der Waals surface area contributed by atoms with Gasteiger partial charge in [-0.1, -0.05) is 30.3 Å². The predicted octanol–water partition coefficient (Wildman–Crippen LogP) is 4.63. The monoisotopic (exact) mass is 831 g/mol. The Kier molecular flexibility index (Phi) is 12.9. The van der Waals surface area contributed by atoms with Gasteiger partial charge in [-0.2, -0.15) is 0 Å². The number of amides is 3. The molecule has 3 aromatic carbocycles. The molecule has 5 heterocycles. The quantitative estimate of drug-likeness (QED) is 0.0963. The molecule has 0 bridgehead atoms. The van der Waals surface area contributed by atoms with Crippen LogP contribution < -0.4 is 30.9 Å². The molecule has 15 heteroatoms. The number of carbonyl (C=O) groups excluding carboxylic acids is 3. The molecule has 0 spiro atoms. The first-order valence-electron chi connectivity index (χ1n) is 21.5. The second kappa shape index (κ2) is 18.8. The summed E-state index contributed by atoms with van der Waals surface area (Å²) in [7, 11) is 1.92. The summed E-state index contributed by atoms with van der Waals surface area (Å²) < 4.78 is 12.0. The highest BCUT2D eigenvalue weighted by Gasteiger charge is 2.32. The van der Waals surface area contributed by atoms with Crippen molar-refractivity contribution in [3.05, 3.63) is 84.4 Å². The van der Waals surface area contributed by atoms with Gasteiger partial charge in [0.05, 0.1) is 30.6 Å². The lowest BCUT2D eigenvalue weighted by Crippen LogP contribution is -2.51. The smallest absolute Gasteiger partial charge is 0.249 e. The van der Waals surface area contributed by atoms with E-state index in [1.165, 1.54) is 5.56 Å². The van der Waals surface area contributed by atoms with Gasteiger partial charge in [-0.3, -0.25) is 24.6 Å². The lowest BCUT2D eigenvalue weighted by atomic mass is 9.89. The number of hydrogen-bond donors (Lipinski definition) is 4. The number of nitrogen functional groups attached to an aromatic ring is 1. The molecule has 5 N–H and O–H groups in total. The molecule has 4 aromatic rings. The number of rotatable bonds is 15. The maximum Gasteiger partial charge on any atom is 0.249 e. The Morgan fingerprint density at radius 3 is 2.51 bits per heavy atom. The van der Waals surface area contributed by atoms with E-state index < -0.39 is 0 Å². The number of nitrogens with zero attached hydrogens (tertiary/aromatic N) is 6. The fourth-order valence-corrected chi connectivity index (χ4v) is 8.84. The molecule has 8 rings (SSSR count). The van der Waals surface area contributed by atoms with Crippen LogP contribution in [-0.2, 0) is 19.1 Å². The number of benzene rings is 3. The average Bonchev–Trinajstić information content (AvgIpc) is 4.08. The normalized spacial score (nSPS) is 20.5. The van der Waals surface area contributed by atoms with Gasteiger partial charge in [-0.15, -0.1) is 10.2 Å². The summed E-state index contributed by atoms with van der Waals surface area (Å²) >= 11 is 0. The van der Waals surface area contributed by atoms with Crippen LogP contribution in [0, 0.1) is 0 Å². The number of likely N-dealkylation sites (tertiary alicyclic amines) is 2. The molecule has 4 aliphatic heterocycles. The van der Waals surface area contributed by atoms with Crippen LogP contribution in [0.2, 0.25) is 0 Å². The largest absolute Gasteiger partial charge is 0.507 e. The van der Waals surface area contributed by atoms with Crippen LogP contribution in [0.4, 0.5) is 22.9 Å². The molecule has 61 heavy (non-hydrogen) atoms. The topological polar surface area (TPSA) is 182 Å². The van der Waals surface area contributed by atoms with Crippen molar-refractivity contribution in [1.29, 1.82) is 0 Å². The number of hydrogen-bond acceptors (Lipinski definition) is 13. The SMILES string of the molecule is CC(CN(CC1CO1)c1cc(-c2ccccc2O)nnc1N)Nc1cccc(OC2CCN(C(=O)CN3CCC(c4cccc(N(C)C5CCC(=O)NC5=O)c4)CC3)CC2)c1. The van der Waals surface area contributed by atoms with Crippen LogP contribution in [0.1, 0.15) is 56.9 Å². The van der Waals surface area contributed by atoms with Gasteiger partial charge in [0.25, 0.3) is 0 Å². The lowest BCUT2D eigenvalue weighted by molar-refractivity contribution is -0.135. The molecular weight excluding hydrogens is 775 g/mol. The Morgan fingerprint density at radius 2 is 1.75 bits per heavy atom. The van der Waals surface area contributed by atoms with Gasteiger partial charge < -0.3 is 40.3 Å². The zero-order valence-electron chi connectivity index (χ0n) is 35.0. The molecule has 0 saturated carbocycles. The lowest BCUT2D eigenvalue weighted by Gasteiger charge is -2.36. The van der Waals surface area contributed by atoms with Crippen molar-refractivity contribution < 1.29 is 29.0 Å². The zero-order chi connectivity index (χ0) is 42.5. The minimum Gasteiger partial charge on any atom is -0.507 e. The number of nitrogens with one attached hydrogen (secondary N) is 2. The summed E-state index contributed by atoms with van der Waals surface area (Å²) in [4.78, 5) is 45.9. The second-order valence-electron chi connectivity index (χ2n) is 16.9. The number of piperidine rings is 3. The Bertz CT molecular complexity index is 2190. The number of aromatic hydroxyl groups is 1. The number of aromatic nitrogens is 2. The summed E-state index contributed by atoms with van der Waals surface area (Å²) in [5.41, 5.74) is 11.4. The van der Waals surface area contributed by atoms with Crippen molar-refractivity contribution in [3.63, 3.8) is 0 Å². The zero-order valence-corrected chi connectivity index (χ0v) is 35.0. The third kappa shape index (κ3) is 10.5. The maximum atomic E-state index is 13.4. The molecule has 322 valence electrons. The van der Waals surface area contributed by atoms with Crippen molar-refractivity contribution in [2.75, 3.05) is 80.3 Å². The van der Waals surface area contributed by atoms with Crippen molar-refractivity contribution in [2.24, 2.45) is 0 Å². The molecule has 1 aromatic heterocycles. The summed E-state index contributed by atoms with van der Waals surface area (Å²) in [6, 6.07) is 25.0. The van der Waals surface area contributed by atoms with E-state index in [0.29, 0.717) is 75.2 Å². The minimum absolute atomic E-state index is 0.0141. The second-order valence-corrected chi connectivity index (χ2v) is 16.9. The Hall–Kier alpha value is -5.93. The standard InChI is InChI=1S/C46H57N9O6/c1-30(26-55(27-37-29-60-37)41-25-39(50-51-45(41)47)38-11-3-4-12-42(38)56)48-33-8-6-10-36(24-33)61-35-17-21-54(22-18-35)44(58)28-53-19-15-31(16-20-53)32-7-5-9-34(23-32)52(2)40-13-14-43(57)49-46(40)59/h3-12,23-25,30-31,35,37,40,48,56H,13-22,26-29H2,1-2H3,(H2,47,51)(H,49,57,59). The van der Waals surface area contributed by atoms with Gasteiger partial charge in [0.2, 0.25) is 17.7 Å². The summed E-state index contributed by atoms with van der Waals surface area (Å²) in [5, 5.41) is 25.0. The van der Waals surface area contributed by atoms with Gasteiger partial charge in [0.1, 0.15) is 23.6 Å². The summed E-state index contributed by atoms with van der Waals surface area (Å²) in [6.45, 7) is 7.55. The molecule has 0 aliphatic carbocycles. The van der Waals surface area contributed by atoms with Gasteiger partial charge in [0.15, 0.2) is 5.82 Å². The van der Waals surface area contributed by atoms with E-state index >= 15 is 0 Å². The van der Waals surface area contributed by atoms with Crippen molar-refractivity contribution in [3.8, 4) is 22.8 Å². The maximum absolute atomic E-state index is 13.4. The third-order valence-electron chi connectivity index (χ3n) is 12.4. The van der Waals surface area contributed by atoms with Crippen LogP contribution in [0.5, 0.6) is 11.5 Å². The van der Waals surface area contributed by atoms with E-state index in [2.05, 4.69) is 49.7 Å². The fraction of sp³-hybridized carbons (Fsp3) is 0.457. The van der Waals surface area contributed by atoms with Gasteiger partial charge in [-0.25, -0.2) is 0 Å². The summed E-state index contributed by atoms with van der Waals surface area (Å²) in [6.07, 6.45) is 4.48. The van der Waals surface area contributed by atoms with Gasteiger partial charge >= 0.3 is 0 Å². The number of epoxide rings is 1. The van der Waals surface area contributed by atoms with E-state index in [-0.39, 0.29) is 47.8 Å². The Labute approximate surface area is 357 Å². The highest BCUT2D eigenvalue weighted by atomic mass is 16.6. The van der Waals surface area contributed by atoms with E-state index in [1.807, 2.05) is 65.4 Å². The van der Waals surface area contributed by atoms with Gasteiger partial charge in [-0.05, 0) is 93.2 Å². The van der Waals surface area contributed by atoms with E-state index in [4.69, 9.17) is 15.2 Å². The molecule has 0 radical (unpaired) electrons. The third-order valence-corrected chi connectivity index (χ3v) is 12.4. The first kappa shape index (κ1) is 41.8. The highest BCUT2D eigenvalue weighted by molar-refractivity contribution is 6.01. The van der Waals surface area contributed by atoms with Crippen molar-refractivity contribution in [2.45, 2.75) is 75.7 Å². The average molecular weight is 832 g/mol. The molecule has 3 amide bonds. The number of phenols is 1. The van der Waals surface area contributed by atoms with Crippen LogP contribution >= 0.6 is 0 Å². The first-order valence-corrected chi connectivity index (χ1v) is 21.5. The van der Waals surface area contributed by atoms with Crippen molar-refractivity contribution in [1.82, 2.24) is 25.3 Å². The molecule has 4 fully saturated rings. The molecule has 3 atom stereocenters. The number of nitrogens with two attached hydrogens (primary N) is 1. The number of imide groups is 1. The Balaban J connectivity index is 0.787. The summed E-state index contributed by atoms with van der Waals surface area (Å²) in [5.74, 6) is 1.34. The minimum atomic E-state index is -0.358. The van der Waals surface area contributed by atoms with Crippen molar-refractivity contribution >= 4 is 40.6 Å². The van der Waals surface area contributed by atoms with Crippen LogP contribution in [0.15, 0.2) is 78.9 Å². The number of anilines is 4. The van der Waals surface area contributed by atoms with E-state index in [9.17, 15) is 19.5 Å². The van der Waals surface area contributed by atoms with Gasteiger partial charge in [0, 0.05) is 81.5 Å². The number of likely N-dealkylation sites (N-methyl/N-ethyl adjacent to an activating group) is 1. The number of ether oxygens (including phenoxy) is 2. The van der Waals surface area contributed by atoms with Crippen LogP contribution in [-0.4, -0.2) is 127 Å². The molecule has 15 nitrogen and oxygen atoms in total.